The molecular weight excluding hydrogens is 338 g/mol. The molecule has 0 aliphatic rings. The lowest BCUT2D eigenvalue weighted by Gasteiger charge is -2.14. The number of nitrogens with zero attached hydrogens (tertiary/aromatic N) is 4. The first-order chi connectivity index (χ1) is 13.3. The Morgan fingerprint density at radius 2 is 1.56 bits per heavy atom. The Hall–Kier alpha value is -4.11. The summed E-state index contributed by atoms with van der Waals surface area (Å²) in [6, 6.07) is 16.7. The Balaban J connectivity index is 2.13. The molecule has 0 aliphatic carbocycles. The summed E-state index contributed by atoms with van der Waals surface area (Å²) in [6.07, 6.45) is 6.42. The van der Waals surface area contributed by atoms with E-state index in [0.717, 1.165) is 5.56 Å². The van der Waals surface area contributed by atoms with Crippen molar-refractivity contribution in [3.05, 3.63) is 89.4 Å². The Labute approximate surface area is 154 Å². The summed E-state index contributed by atoms with van der Waals surface area (Å²) in [6.45, 7) is 0. The standard InChI is InChI=1S/C21H13N5O/c22-12-17-15(8-4-9-23-17)19-18(14-6-2-1-3-7-14)16(13-26-21(19)27)20-24-10-5-11-25-20/h1-11,13H,(H,26,27). The van der Waals surface area contributed by atoms with Crippen LogP contribution in [0.15, 0.2) is 78.1 Å². The second-order valence-corrected chi connectivity index (χ2v) is 5.73. The molecule has 1 aromatic carbocycles. The second kappa shape index (κ2) is 7.02. The van der Waals surface area contributed by atoms with E-state index in [1.54, 1.807) is 36.8 Å². The summed E-state index contributed by atoms with van der Waals surface area (Å²) in [5, 5.41) is 9.47. The smallest absolute Gasteiger partial charge is 0.256 e. The highest BCUT2D eigenvalue weighted by molar-refractivity contribution is 5.93. The Morgan fingerprint density at radius 1 is 0.815 bits per heavy atom. The van der Waals surface area contributed by atoms with Gasteiger partial charge < -0.3 is 4.98 Å². The van der Waals surface area contributed by atoms with Crippen LogP contribution in [-0.2, 0) is 0 Å². The maximum absolute atomic E-state index is 12.8. The molecule has 0 spiro atoms. The molecule has 3 heterocycles. The largest absolute Gasteiger partial charge is 0.328 e. The predicted octanol–water partition coefficient (Wildman–Crippen LogP) is 3.43. The van der Waals surface area contributed by atoms with Crippen molar-refractivity contribution in [1.82, 2.24) is 19.9 Å². The highest BCUT2D eigenvalue weighted by Crippen LogP contribution is 2.36. The molecular formula is C21H13N5O. The van der Waals surface area contributed by atoms with E-state index in [1.807, 2.05) is 30.3 Å². The van der Waals surface area contributed by atoms with Gasteiger partial charge in [-0.1, -0.05) is 30.3 Å². The molecule has 0 saturated carbocycles. The van der Waals surface area contributed by atoms with Crippen molar-refractivity contribution in [2.45, 2.75) is 0 Å². The average Bonchev–Trinajstić information content (AvgIpc) is 2.74. The Morgan fingerprint density at radius 3 is 2.30 bits per heavy atom. The van der Waals surface area contributed by atoms with Crippen molar-refractivity contribution in [2.24, 2.45) is 0 Å². The van der Waals surface area contributed by atoms with Crippen LogP contribution in [0.25, 0.3) is 33.6 Å². The van der Waals surface area contributed by atoms with Crippen LogP contribution in [0.3, 0.4) is 0 Å². The lowest BCUT2D eigenvalue weighted by atomic mass is 9.91. The number of benzene rings is 1. The molecule has 0 amide bonds. The van der Waals surface area contributed by atoms with Crippen LogP contribution in [0.2, 0.25) is 0 Å². The van der Waals surface area contributed by atoms with E-state index in [0.29, 0.717) is 28.1 Å². The highest BCUT2D eigenvalue weighted by atomic mass is 16.1. The average molecular weight is 351 g/mol. The van der Waals surface area contributed by atoms with Crippen molar-refractivity contribution in [2.75, 3.05) is 0 Å². The van der Waals surface area contributed by atoms with Crippen LogP contribution in [-0.4, -0.2) is 19.9 Å². The quantitative estimate of drug-likeness (QED) is 0.610. The lowest BCUT2D eigenvalue weighted by molar-refractivity contribution is 1.15. The first kappa shape index (κ1) is 16.4. The molecule has 27 heavy (non-hydrogen) atoms. The maximum Gasteiger partial charge on any atom is 0.256 e. The van der Waals surface area contributed by atoms with Crippen LogP contribution in [0.5, 0.6) is 0 Å². The van der Waals surface area contributed by atoms with E-state index in [-0.39, 0.29) is 11.3 Å². The number of nitrogens with one attached hydrogen (secondary N) is 1. The summed E-state index contributed by atoms with van der Waals surface area (Å²) in [4.78, 5) is 28.3. The number of nitriles is 1. The van der Waals surface area contributed by atoms with Crippen LogP contribution in [0, 0.1) is 11.3 Å². The maximum atomic E-state index is 12.8. The first-order valence-electron chi connectivity index (χ1n) is 8.23. The summed E-state index contributed by atoms with van der Waals surface area (Å²) in [5.74, 6) is 0.483. The van der Waals surface area contributed by atoms with Gasteiger partial charge in [0.2, 0.25) is 0 Å². The van der Waals surface area contributed by atoms with Crippen molar-refractivity contribution >= 4 is 0 Å². The SMILES string of the molecule is N#Cc1ncccc1-c1c(-c2ccccc2)c(-c2ncccn2)c[nH]c1=O. The number of hydrogen-bond acceptors (Lipinski definition) is 5. The molecule has 128 valence electrons. The van der Waals surface area contributed by atoms with Gasteiger partial charge in [0.05, 0.1) is 5.56 Å². The van der Waals surface area contributed by atoms with E-state index in [1.165, 1.54) is 6.20 Å². The fourth-order valence-corrected chi connectivity index (χ4v) is 3.00. The fraction of sp³-hybridized carbons (Fsp3) is 0. The molecule has 4 rings (SSSR count). The molecule has 0 saturated heterocycles. The van der Waals surface area contributed by atoms with Crippen LogP contribution >= 0.6 is 0 Å². The number of hydrogen-bond donors (Lipinski definition) is 1. The number of H-pyrrole nitrogens is 1. The van der Waals surface area contributed by atoms with Crippen molar-refractivity contribution < 1.29 is 0 Å². The van der Waals surface area contributed by atoms with E-state index in [9.17, 15) is 10.1 Å². The third-order valence-corrected chi connectivity index (χ3v) is 4.15. The number of aromatic nitrogens is 4. The van der Waals surface area contributed by atoms with Crippen LogP contribution in [0.1, 0.15) is 5.69 Å². The van der Waals surface area contributed by atoms with Gasteiger partial charge in [-0.15, -0.1) is 0 Å². The van der Waals surface area contributed by atoms with Crippen molar-refractivity contribution in [3.63, 3.8) is 0 Å². The molecule has 0 radical (unpaired) electrons. The van der Waals surface area contributed by atoms with E-state index in [2.05, 4.69) is 26.0 Å². The zero-order chi connectivity index (χ0) is 18.6. The molecule has 4 aromatic rings. The number of rotatable bonds is 3. The second-order valence-electron chi connectivity index (χ2n) is 5.73. The molecule has 6 heteroatoms. The molecule has 1 N–H and O–H groups in total. The third-order valence-electron chi connectivity index (χ3n) is 4.15. The van der Waals surface area contributed by atoms with Crippen LogP contribution < -0.4 is 5.56 Å². The molecule has 0 bridgehead atoms. The molecule has 0 atom stereocenters. The summed E-state index contributed by atoms with van der Waals surface area (Å²) in [7, 11) is 0. The van der Waals surface area contributed by atoms with Gasteiger partial charge in [0, 0.05) is 41.5 Å². The minimum Gasteiger partial charge on any atom is -0.328 e. The Bertz CT molecular complexity index is 1190. The summed E-state index contributed by atoms with van der Waals surface area (Å²) < 4.78 is 0. The lowest BCUT2D eigenvalue weighted by Crippen LogP contribution is -2.12. The van der Waals surface area contributed by atoms with Crippen molar-refractivity contribution in [3.8, 4) is 39.7 Å². The molecule has 3 aromatic heterocycles. The van der Waals surface area contributed by atoms with Gasteiger partial charge in [-0.3, -0.25) is 4.79 Å². The number of pyridine rings is 2. The molecule has 6 nitrogen and oxygen atoms in total. The third kappa shape index (κ3) is 2.98. The van der Waals surface area contributed by atoms with Gasteiger partial charge in [0.25, 0.3) is 5.56 Å². The summed E-state index contributed by atoms with van der Waals surface area (Å²) >= 11 is 0. The zero-order valence-electron chi connectivity index (χ0n) is 14.1. The highest BCUT2D eigenvalue weighted by Gasteiger charge is 2.21. The molecule has 0 aliphatic heterocycles. The monoisotopic (exact) mass is 351 g/mol. The number of aromatic amines is 1. The van der Waals surface area contributed by atoms with Gasteiger partial charge in [-0.25, -0.2) is 15.0 Å². The van der Waals surface area contributed by atoms with Crippen LogP contribution in [0.4, 0.5) is 0 Å². The zero-order valence-corrected chi connectivity index (χ0v) is 14.1. The van der Waals surface area contributed by atoms with Gasteiger partial charge >= 0.3 is 0 Å². The fourth-order valence-electron chi connectivity index (χ4n) is 3.00. The van der Waals surface area contributed by atoms with Gasteiger partial charge in [-0.2, -0.15) is 5.26 Å². The topological polar surface area (TPSA) is 95.3 Å². The summed E-state index contributed by atoms with van der Waals surface area (Å²) in [5.41, 5.74) is 2.88. The van der Waals surface area contributed by atoms with Gasteiger partial charge in [-0.05, 0) is 23.8 Å². The molecule has 0 unspecified atom stereocenters. The minimum atomic E-state index is -0.307. The van der Waals surface area contributed by atoms with Crippen molar-refractivity contribution in [1.29, 1.82) is 5.26 Å². The van der Waals surface area contributed by atoms with E-state index in [4.69, 9.17) is 0 Å². The first-order valence-corrected chi connectivity index (χ1v) is 8.23. The van der Waals surface area contributed by atoms with Gasteiger partial charge in [0.15, 0.2) is 5.82 Å². The molecule has 0 fully saturated rings. The van der Waals surface area contributed by atoms with Gasteiger partial charge in [0.1, 0.15) is 11.8 Å². The minimum absolute atomic E-state index is 0.186. The van der Waals surface area contributed by atoms with E-state index >= 15 is 0 Å². The Kier molecular flexibility index (Phi) is 4.25. The normalized spacial score (nSPS) is 10.3. The predicted molar refractivity (Wildman–Crippen MR) is 101 cm³/mol. The van der Waals surface area contributed by atoms with E-state index < -0.39 is 0 Å².